The molecular weight excluding hydrogens is 532 g/mol. The van der Waals surface area contributed by atoms with Crippen molar-refractivity contribution in [3.63, 3.8) is 0 Å². The number of hydrogen-bond donors (Lipinski definition) is 1. The Labute approximate surface area is 245 Å². The minimum Gasteiger partial charge on any atom is -0.862 e. The highest BCUT2D eigenvalue weighted by atomic mass is 35.5. The third-order valence-corrected chi connectivity index (χ3v) is 6.83. The minimum atomic E-state index is -0.549. The fourth-order valence-electron chi connectivity index (χ4n) is 4.55. The Morgan fingerprint density at radius 3 is 2.39 bits per heavy atom. The number of rotatable bonds is 12. The molecule has 4 aromatic carbocycles. The van der Waals surface area contributed by atoms with Gasteiger partial charge < -0.3 is 20.0 Å². The predicted molar refractivity (Wildman–Crippen MR) is 166 cm³/mol. The lowest BCUT2D eigenvalue weighted by atomic mass is 9.96. The van der Waals surface area contributed by atoms with Gasteiger partial charge in [-0.15, -0.1) is 0 Å². The molecule has 41 heavy (non-hydrogen) atoms. The van der Waals surface area contributed by atoms with E-state index >= 15 is 0 Å². The Bertz CT molecular complexity index is 1680. The van der Waals surface area contributed by atoms with Crippen molar-refractivity contribution in [3.05, 3.63) is 125 Å². The van der Waals surface area contributed by atoms with Gasteiger partial charge in [-0.3, -0.25) is 0 Å². The van der Waals surface area contributed by atoms with Crippen LogP contribution in [-0.2, 0) is 6.42 Å². The van der Waals surface area contributed by atoms with E-state index in [1.807, 2.05) is 115 Å². The molecule has 206 valence electrons. The molecule has 0 radical (unpaired) electrons. The topological polar surface area (TPSA) is 78.3 Å². The zero-order chi connectivity index (χ0) is 28.4. The summed E-state index contributed by atoms with van der Waals surface area (Å²) in [5, 5.41) is 20.1. The summed E-state index contributed by atoms with van der Waals surface area (Å²) in [4.78, 5) is 4.67. The molecule has 6 heteroatoms. The van der Waals surface area contributed by atoms with Crippen LogP contribution in [0.1, 0.15) is 29.7 Å². The van der Waals surface area contributed by atoms with Crippen molar-refractivity contribution < 1.29 is 14.6 Å². The Balaban J connectivity index is 1.12. The number of halogens is 1. The molecule has 0 spiro atoms. The van der Waals surface area contributed by atoms with Gasteiger partial charge in [-0.05, 0) is 89.5 Å². The van der Waals surface area contributed by atoms with Gasteiger partial charge in [0, 0.05) is 16.8 Å². The maximum atomic E-state index is 11.2. The fraction of sp³-hybridized carbons (Fsp3) is 0.143. The zero-order valence-electron chi connectivity index (χ0n) is 22.6. The lowest BCUT2D eigenvalue weighted by Crippen LogP contribution is -2.16. The van der Waals surface area contributed by atoms with Gasteiger partial charge in [0.25, 0.3) is 0 Å². The van der Waals surface area contributed by atoms with Crippen LogP contribution in [-0.4, -0.2) is 24.1 Å². The Kier molecular flexibility index (Phi) is 9.30. The number of nitrogens with zero attached hydrogens (tertiary/aromatic N) is 1. The summed E-state index contributed by atoms with van der Waals surface area (Å²) in [6.07, 6.45) is 5.49. The molecule has 0 atom stereocenters. The lowest BCUT2D eigenvalue weighted by Gasteiger charge is -2.13. The van der Waals surface area contributed by atoms with E-state index in [4.69, 9.17) is 26.5 Å². The van der Waals surface area contributed by atoms with E-state index in [2.05, 4.69) is 4.98 Å². The van der Waals surface area contributed by atoms with Crippen molar-refractivity contribution in [3.8, 4) is 22.6 Å². The number of nitrogens with one attached hydrogen (secondary N) is 1. The van der Waals surface area contributed by atoms with E-state index in [1.165, 1.54) is 0 Å². The average Bonchev–Trinajstić information content (AvgIpc) is 2.99. The monoisotopic (exact) mass is 561 g/mol. The van der Waals surface area contributed by atoms with Crippen molar-refractivity contribution >= 4 is 40.6 Å². The molecule has 5 rings (SSSR count). The number of aryl methyl sites for hydroxylation is 1. The number of fused-ring (bicyclic) bond motifs is 1. The highest BCUT2D eigenvalue weighted by Crippen LogP contribution is 2.28. The quantitative estimate of drug-likeness (QED) is 0.0955. The number of benzene rings is 4. The molecule has 0 aliphatic heterocycles. The third-order valence-electron chi connectivity index (χ3n) is 6.59. The van der Waals surface area contributed by atoms with E-state index in [0.717, 1.165) is 56.8 Å². The average molecular weight is 562 g/mol. The SMILES string of the molecule is N=C([O-])CCc1ccccc1-c1cccc(OCCCOc2cccc(/C=C/c3ccc4ccc(Cl)cc4n3)c2)c1. The summed E-state index contributed by atoms with van der Waals surface area (Å²) in [6, 6.07) is 33.6. The molecule has 1 N–H and O–H groups in total. The molecule has 0 saturated carbocycles. The fourth-order valence-corrected chi connectivity index (χ4v) is 4.72. The van der Waals surface area contributed by atoms with Gasteiger partial charge in [0.05, 0.1) is 24.4 Å². The molecule has 0 amide bonds. The normalized spacial score (nSPS) is 11.1. The minimum absolute atomic E-state index is 0.212. The predicted octanol–water partition coefficient (Wildman–Crippen LogP) is 7.84. The van der Waals surface area contributed by atoms with Gasteiger partial charge in [-0.2, -0.15) is 0 Å². The highest BCUT2D eigenvalue weighted by Gasteiger charge is 2.06. The Morgan fingerprint density at radius 2 is 1.56 bits per heavy atom. The van der Waals surface area contributed by atoms with Crippen LogP contribution in [0.5, 0.6) is 11.5 Å². The van der Waals surface area contributed by atoms with E-state index in [1.54, 1.807) is 0 Å². The van der Waals surface area contributed by atoms with Crippen molar-refractivity contribution in [2.24, 2.45) is 0 Å². The van der Waals surface area contributed by atoms with Crippen molar-refractivity contribution in [2.45, 2.75) is 19.3 Å². The van der Waals surface area contributed by atoms with Crippen LogP contribution in [0.25, 0.3) is 34.2 Å². The molecule has 1 aromatic heterocycles. The van der Waals surface area contributed by atoms with E-state index in [9.17, 15) is 5.11 Å². The standard InChI is InChI=1S/C35H31ClN2O3/c36-29-16-13-27-14-18-30(38-34(27)24-29)17-12-25-6-3-9-31(22-25)40-20-5-21-41-32-10-4-8-28(23-32)33-11-2-1-7-26(33)15-19-35(37)39/h1-4,6-14,16-18,22-24H,5,15,19-21H2,(H2,37,39)/p-1/b17-12+. The van der Waals surface area contributed by atoms with Crippen LogP contribution in [0.15, 0.2) is 103 Å². The smallest absolute Gasteiger partial charge is 0.119 e. The first kappa shape index (κ1) is 27.9. The number of ether oxygens (including phenoxy) is 2. The van der Waals surface area contributed by atoms with E-state index in [-0.39, 0.29) is 6.42 Å². The molecule has 0 aliphatic carbocycles. The Hall–Kier alpha value is -4.61. The largest absolute Gasteiger partial charge is 0.862 e. The third kappa shape index (κ3) is 7.96. The van der Waals surface area contributed by atoms with Gasteiger partial charge in [0.1, 0.15) is 11.5 Å². The second-order valence-electron chi connectivity index (χ2n) is 9.64. The van der Waals surface area contributed by atoms with Gasteiger partial charge in [-0.1, -0.05) is 78.3 Å². The number of hydrogen-bond acceptors (Lipinski definition) is 5. The first-order chi connectivity index (χ1) is 20.0. The van der Waals surface area contributed by atoms with Crippen LogP contribution in [0.2, 0.25) is 5.02 Å². The molecule has 0 saturated heterocycles. The first-order valence-electron chi connectivity index (χ1n) is 13.6. The number of pyridine rings is 1. The van der Waals surface area contributed by atoms with Crippen LogP contribution in [0.4, 0.5) is 0 Å². The van der Waals surface area contributed by atoms with E-state index in [0.29, 0.717) is 24.7 Å². The van der Waals surface area contributed by atoms with Gasteiger partial charge in [0.15, 0.2) is 0 Å². The molecule has 1 heterocycles. The summed E-state index contributed by atoms with van der Waals surface area (Å²) in [6.45, 7) is 1.06. The summed E-state index contributed by atoms with van der Waals surface area (Å²) in [5.41, 5.74) is 5.88. The zero-order valence-corrected chi connectivity index (χ0v) is 23.3. The lowest BCUT2D eigenvalue weighted by molar-refractivity contribution is -0.220. The van der Waals surface area contributed by atoms with Crippen molar-refractivity contribution in [2.75, 3.05) is 13.2 Å². The molecule has 0 fully saturated rings. The maximum Gasteiger partial charge on any atom is 0.119 e. The number of aromatic nitrogens is 1. The molecule has 0 unspecified atom stereocenters. The highest BCUT2D eigenvalue weighted by molar-refractivity contribution is 6.31. The summed E-state index contributed by atoms with van der Waals surface area (Å²) in [7, 11) is 0. The summed E-state index contributed by atoms with van der Waals surface area (Å²) < 4.78 is 12.0. The van der Waals surface area contributed by atoms with Gasteiger partial charge >= 0.3 is 0 Å². The molecule has 5 nitrogen and oxygen atoms in total. The molecule has 5 aromatic rings. The maximum absolute atomic E-state index is 11.2. The molecule has 0 aliphatic rings. The first-order valence-corrected chi connectivity index (χ1v) is 13.9. The second-order valence-corrected chi connectivity index (χ2v) is 10.1. The Morgan fingerprint density at radius 1 is 0.805 bits per heavy atom. The van der Waals surface area contributed by atoms with Crippen LogP contribution in [0.3, 0.4) is 0 Å². The summed E-state index contributed by atoms with van der Waals surface area (Å²) >= 11 is 6.11. The van der Waals surface area contributed by atoms with Crippen molar-refractivity contribution in [1.82, 2.24) is 4.98 Å². The molecular formula is C35H30ClN2O3-. The molecule has 0 bridgehead atoms. The van der Waals surface area contributed by atoms with Crippen LogP contribution >= 0.6 is 11.6 Å². The van der Waals surface area contributed by atoms with Crippen molar-refractivity contribution in [1.29, 1.82) is 5.41 Å². The summed E-state index contributed by atoms with van der Waals surface area (Å²) in [5.74, 6) is 1.03. The van der Waals surface area contributed by atoms with E-state index < -0.39 is 5.90 Å². The van der Waals surface area contributed by atoms with Crippen LogP contribution in [0, 0.1) is 5.41 Å². The van der Waals surface area contributed by atoms with Gasteiger partial charge in [0.2, 0.25) is 0 Å². The van der Waals surface area contributed by atoms with Crippen LogP contribution < -0.4 is 14.6 Å². The second kappa shape index (κ2) is 13.6. The van der Waals surface area contributed by atoms with Gasteiger partial charge in [-0.25, -0.2) is 4.98 Å².